The molecule has 6 heteroatoms. The maximum Gasteiger partial charge on any atom is 0.338 e. The molecule has 0 aliphatic rings. The quantitative estimate of drug-likeness (QED) is 0.637. The molecular weight excluding hydrogens is 386 g/mol. The number of hydrogen-bond acceptors (Lipinski definition) is 5. The molecule has 0 unspecified atom stereocenters. The highest BCUT2D eigenvalue weighted by molar-refractivity contribution is 9.10. The zero-order valence-electron chi connectivity index (χ0n) is 14.0. The lowest BCUT2D eigenvalue weighted by Crippen LogP contribution is -2.06. The molecule has 0 amide bonds. The number of nitrogens with zero attached hydrogens (tertiary/aromatic N) is 1. The average Bonchev–Trinajstić information content (AvgIpc) is 2.63. The first-order valence-corrected chi connectivity index (χ1v) is 8.63. The van der Waals surface area contributed by atoms with E-state index in [1.165, 1.54) is 0 Å². The van der Waals surface area contributed by atoms with Gasteiger partial charge in [-0.2, -0.15) is 5.26 Å². The van der Waals surface area contributed by atoms with Crippen LogP contribution in [0.15, 0.2) is 40.9 Å². The molecule has 0 saturated heterocycles. The molecule has 0 spiro atoms. The number of carbonyl (C=O) groups is 1. The molecule has 0 fully saturated rings. The van der Waals surface area contributed by atoms with Gasteiger partial charge in [0.05, 0.1) is 30.4 Å². The Labute approximate surface area is 155 Å². The Kier molecular flexibility index (Phi) is 6.84. The molecule has 0 heterocycles. The standard InChI is InChI=1S/C19H18BrNO4/c1-3-23-17-9-15(16(20)10-18(17)24-4-2)12-25-19(22)14-7-5-13(11-21)6-8-14/h5-10H,3-4,12H2,1-2H3. The van der Waals surface area contributed by atoms with Crippen molar-refractivity contribution in [2.45, 2.75) is 20.5 Å². The lowest BCUT2D eigenvalue weighted by atomic mass is 10.1. The van der Waals surface area contributed by atoms with E-state index in [-0.39, 0.29) is 6.61 Å². The molecule has 0 aliphatic heterocycles. The summed E-state index contributed by atoms with van der Waals surface area (Å²) in [5.41, 5.74) is 1.66. The maximum atomic E-state index is 12.1. The maximum absolute atomic E-state index is 12.1. The van der Waals surface area contributed by atoms with E-state index in [9.17, 15) is 4.79 Å². The fourth-order valence-electron chi connectivity index (χ4n) is 2.13. The molecule has 2 aromatic carbocycles. The fraction of sp³-hybridized carbons (Fsp3) is 0.263. The van der Waals surface area contributed by atoms with Gasteiger partial charge in [0.25, 0.3) is 0 Å². The van der Waals surface area contributed by atoms with Crippen molar-refractivity contribution in [2.24, 2.45) is 0 Å². The van der Waals surface area contributed by atoms with Crippen molar-refractivity contribution < 1.29 is 19.0 Å². The van der Waals surface area contributed by atoms with Gasteiger partial charge in [0.2, 0.25) is 0 Å². The van der Waals surface area contributed by atoms with E-state index in [2.05, 4.69) is 15.9 Å². The van der Waals surface area contributed by atoms with E-state index >= 15 is 0 Å². The summed E-state index contributed by atoms with van der Waals surface area (Å²) in [5, 5.41) is 8.79. The van der Waals surface area contributed by atoms with E-state index in [1.54, 1.807) is 36.4 Å². The minimum Gasteiger partial charge on any atom is -0.490 e. The SMILES string of the molecule is CCOc1cc(Br)c(COC(=O)c2ccc(C#N)cc2)cc1OCC. The number of nitriles is 1. The predicted octanol–water partition coefficient (Wildman–Crippen LogP) is 4.48. The van der Waals surface area contributed by atoms with Crippen LogP contribution in [0.1, 0.15) is 35.3 Å². The first-order chi connectivity index (χ1) is 12.1. The average molecular weight is 404 g/mol. The zero-order chi connectivity index (χ0) is 18.2. The van der Waals surface area contributed by atoms with Crippen molar-refractivity contribution in [2.75, 3.05) is 13.2 Å². The molecule has 0 aliphatic carbocycles. The van der Waals surface area contributed by atoms with Crippen molar-refractivity contribution in [1.29, 1.82) is 5.26 Å². The van der Waals surface area contributed by atoms with E-state index in [4.69, 9.17) is 19.5 Å². The Bertz CT molecular complexity index is 781. The first-order valence-electron chi connectivity index (χ1n) is 7.84. The van der Waals surface area contributed by atoms with Gasteiger partial charge >= 0.3 is 5.97 Å². The molecule has 2 rings (SSSR count). The summed E-state index contributed by atoms with van der Waals surface area (Å²) in [6.45, 7) is 4.91. The number of rotatable bonds is 7. The monoisotopic (exact) mass is 403 g/mol. The molecular formula is C19H18BrNO4. The van der Waals surface area contributed by atoms with Crippen LogP contribution < -0.4 is 9.47 Å². The molecule has 0 aromatic heterocycles. The second-order valence-corrected chi connectivity index (χ2v) is 5.88. The van der Waals surface area contributed by atoms with E-state index in [0.29, 0.717) is 35.8 Å². The molecule has 0 bridgehead atoms. The molecule has 130 valence electrons. The molecule has 5 nitrogen and oxygen atoms in total. The molecule has 25 heavy (non-hydrogen) atoms. The molecule has 0 saturated carbocycles. The van der Waals surface area contributed by atoms with Crippen LogP contribution in [-0.4, -0.2) is 19.2 Å². The van der Waals surface area contributed by atoms with Gasteiger partial charge in [-0.3, -0.25) is 0 Å². The third-order valence-electron chi connectivity index (χ3n) is 3.32. The number of esters is 1. The highest BCUT2D eigenvalue weighted by atomic mass is 79.9. The third kappa shape index (κ3) is 4.97. The Morgan fingerprint density at radius 2 is 1.68 bits per heavy atom. The minimum absolute atomic E-state index is 0.0892. The number of carbonyl (C=O) groups excluding carboxylic acids is 1. The van der Waals surface area contributed by atoms with Crippen LogP contribution in [0, 0.1) is 11.3 Å². The van der Waals surface area contributed by atoms with Crippen LogP contribution in [0.3, 0.4) is 0 Å². The second-order valence-electron chi connectivity index (χ2n) is 5.02. The Morgan fingerprint density at radius 3 is 2.24 bits per heavy atom. The van der Waals surface area contributed by atoms with Gasteiger partial charge in [-0.25, -0.2) is 4.79 Å². The minimum atomic E-state index is -0.455. The first kappa shape index (κ1) is 18.8. The van der Waals surface area contributed by atoms with Crippen molar-refractivity contribution in [3.8, 4) is 17.6 Å². The summed E-state index contributed by atoms with van der Waals surface area (Å²) in [5.74, 6) is 0.790. The van der Waals surface area contributed by atoms with Gasteiger partial charge in [0.15, 0.2) is 11.5 Å². The summed E-state index contributed by atoms with van der Waals surface area (Å²) in [6, 6.07) is 11.9. The molecule has 0 radical (unpaired) electrons. The summed E-state index contributed by atoms with van der Waals surface area (Å²) in [4.78, 5) is 12.1. The van der Waals surface area contributed by atoms with Gasteiger partial charge < -0.3 is 14.2 Å². The molecule has 2 aromatic rings. The largest absolute Gasteiger partial charge is 0.490 e. The highest BCUT2D eigenvalue weighted by Crippen LogP contribution is 2.34. The lowest BCUT2D eigenvalue weighted by molar-refractivity contribution is 0.0471. The Hall–Kier alpha value is -2.52. The third-order valence-corrected chi connectivity index (χ3v) is 4.06. The number of benzene rings is 2. The molecule has 0 atom stereocenters. The van der Waals surface area contributed by atoms with Crippen LogP contribution in [0.5, 0.6) is 11.5 Å². The van der Waals surface area contributed by atoms with Gasteiger partial charge in [-0.15, -0.1) is 0 Å². The summed E-state index contributed by atoms with van der Waals surface area (Å²) < 4.78 is 17.3. The van der Waals surface area contributed by atoms with Crippen molar-refractivity contribution in [1.82, 2.24) is 0 Å². The number of halogens is 1. The van der Waals surface area contributed by atoms with Gasteiger partial charge in [-0.05, 0) is 50.2 Å². The fourth-order valence-corrected chi connectivity index (χ4v) is 2.57. The normalized spacial score (nSPS) is 10.0. The summed E-state index contributed by atoms with van der Waals surface area (Å²) in [6.07, 6.45) is 0. The van der Waals surface area contributed by atoms with Gasteiger partial charge in [0.1, 0.15) is 6.61 Å². The summed E-state index contributed by atoms with van der Waals surface area (Å²) >= 11 is 3.46. The second kappa shape index (κ2) is 9.09. The van der Waals surface area contributed by atoms with Crippen molar-refractivity contribution in [3.63, 3.8) is 0 Å². The predicted molar refractivity (Wildman–Crippen MR) is 96.8 cm³/mol. The lowest BCUT2D eigenvalue weighted by Gasteiger charge is -2.14. The van der Waals surface area contributed by atoms with Gasteiger partial charge in [-0.1, -0.05) is 15.9 Å². The van der Waals surface area contributed by atoms with Crippen LogP contribution >= 0.6 is 15.9 Å². The van der Waals surface area contributed by atoms with Gasteiger partial charge in [0, 0.05) is 10.0 Å². The summed E-state index contributed by atoms with van der Waals surface area (Å²) in [7, 11) is 0. The van der Waals surface area contributed by atoms with Crippen LogP contribution in [0.25, 0.3) is 0 Å². The smallest absolute Gasteiger partial charge is 0.338 e. The van der Waals surface area contributed by atoms with Crippen LogP contribution in [-0.2, 0) is 11.3 Å². The highest BCUT2D eigenvalue weighted by Gasteiger charge is 2.13. The van der Waals surface area contributed by atoms with E-state index < -0.39 is 5.97 Å². The molecule has 0 N–H and O–H groups in total. The Morgan fingerprint density at radius 1 is 1.08 bits per heavy atom. The topological polar surface area (TPSA) is 68.5 Å². The number of ether oxygens (including phenoxy) is 3. The number of hydrogen-bond donors (Lipinski definition) is 0. The zero-order valence-corrected chi connectivity index (χ0v) is 15.6. The van der Waals surface area contributed by atoms with Crippen molar-refractivity contribution in [3.05, 3.63) is 57.6 Å². The van der Waals surface area contributed by atoms with Crippen LogP contribution in [0.2, 0.25) is 0 Å². The van der Waals surface area contributed by atoms with E-state index in [1.807, 2.05) is 19.9 Å². The Balaban J connectivity index is 2.12. The van der Waals surface area contributed by atoms with Crippen molar-refractivity contribution >= 4 is 21.9 Å². The van der Waals surface area contributed by atoms with Crippen LogP contribution in [0.4, 0.5) is 0 Å². The van der Waals surface area contributed by atoms with E-state index in [0.717, 1.165) is 10.0 Å².